The van der Waals surface area contributed by atoms with Gasteiger partial charge in [0.15, 0.2) is 5.82 Å². The average Bonchev–Trinajstić information content (AvgIpc) is 3.24. The molecule has 0 saturated carbocycles. The molecule has 1 saturated heterocycles. The molecule has 1 fully saturated rings. The number of carbonyl (C=O) groups excluding carboxylic acids is 1. The normalized spacial score (nSPS) is 15.1. The molecule has 0 unspecified atom stereocenters. The fraction of sp³-hybridized carbons (Fsp3) is 0.318. The number of benzene rings is 2. The Bertz CT molecular complexity index is 935. The highest BCUT2D eigenvalue weighted by atomic mass is 32.2. The molecule has 1 atom stereocenters. The van der Waals surface area contributed by atoms with Gasteiger partial charge >= 0.3 is 0 Å². The van der Waals surface area contributed by atoms with Crippen molar-refractivity contribution in [3.63, 3.8) is 0 Å². The van der Waals surface area contributed by atoms with Crippen molar-refractivity contribution in [2.24, 2.45) is 0 Å². The number of H-pyrrole nitrogens is 1. The van der Waals surface area contributed by atoms with Gasteiger partial charge in [0.25, 0.3) is 0 Å². The summed E-state index contributed by atoms with van der Waals surface area (Å²) in [7, 11) is 0. The van der Waals surface area contributed by atoms with Gasteiger partial charge in [-0.25, -0.2) is 4.98 Å². The van der Waals surface area contributed by atoms with E-state index >= 15 is 0 Å². The fourth-order valence-corrected chi connectivity index (χ4v) is 4.11. The van der Waals surface area contributed by atoms with Gasteiger partial charge in [-0.05, 0) is 50.5 Å². The van der Waals surface area contributed by atoms with Crippen LogP contribution in [0.5, 0.6) is 0 Å². The number of aromatic nitrogens is 3. The van der Waals surface area contributed by atoms with Crippen LogP contribution in [-0.2, 0) is 4.79 Å². The lowest BCUT2D eigenvalue weighted by molar-refractivity contribution is -0.115. The van der Waals surface area contributed by atoms with Crippen molar-refractivity contribution < 1.29 is 4.79 Å². The third-order valence-corrected chi connectivity index (χ3v) is 5.98. The summed E-state index contributed by atoms with van der Waals surface area (Å²) in [6.07, 6.45) is 3.82. The number of rotatable bonds is 6. The van der Waals surface area contributed by atoms with Crippen molar-refractivity contribution in [1.82, 2.24) is 15.2 Å². The lowest BCUT2D eigenvalue weighted by Crippen LogP contribution is -2.29. The van der Waals surface area contributed by atoms with E-state index in [9.17, 15) is 4.79 Å². The molecule has 2 aromatic carbocycles. The summed E-state index contributed by atoms with van der Waals surface area (Å²) >= 11 is 1.34. The van der Waals surface area contributed by atoms with Crippen molar-refractivity contribution in [3.8, 4) is 11.4 Å². The Morgan fingerprint density at radius 1 is 1.07 bits per heavy atom. The topological polar surface area (TPSA) is 73.9 Å². The molecule has 1 amide bonds. The minimum Gasteiger partial charge on any atom is -0.372 e. The first-order valence-electron chi connectivity index (χ1n) is 9.99. The van der Waals surface area contributed by atoms with Crippen molar-refractivity contribution >= 4 is 29.0 Å². The minimum atomic E-state index is -0.309. The molecule has 1 aliphatic rings. The van der Waals surface area contributed by atoms with Gasteiger partial charge in [-0.2, -0.15) is 0 Å². The van der Waals surface area contributed by atoms with Gasteiger partial charge in [0, 0.05) is 30.0 Å². The minimum absolute atomic E-state index is 0.0632. The van der Waals surface area contributed by atoms with E-state index in [0.717, 1.165) is 24.3 Å². The quantitative estimate of drug-likeness (QED) is 0.585. The van der Waals surface area contributed by atoms with Crippen LogP contribution in [0.1, 0.15) is 26.2 Å². The molecule has 3 aromatic rings. The smallest absolute Gasteiger partial charge is 0.237 e. The van der Waals surface area contributed by atoms with Gasteiger partial charge in [0.1, 0.15) is 0 Å². The number of carbonyl (C=O) groups is 1. The van der Waals surface area contributed by atoms with E-state index < -0.39 is 0 Å². The lowest BCUT2D eigenvalue weighted by Gasteiger charge is -2.28. The molecule has 6 nitrogen and oxygen atoms in total. The molecule has 2 N–H and O–H groups in total. The van der Waals surface area contributed by atoms with Crippen LogP contribution in [-0.4, -0.2) is 39.4 Å². The van der Waals surface area contributed by atoms with E-state index in [4.69, 9.17) is 0 Å². The molecule has 1 aromatic heterocycles. The third kappa shape index (κ3) is 4.98. The Morgan fingerprint density at radius 2 is 1.79 bits per heavy atom. The summed E-state index contributed by atoms with van der Waals surface area (Å²) in [4.78, 5) is 19.5. The number of piperidine rings is 1. The maximum Gasteiger partial charge on any atom is 0.237 e. The van der Waals surface area contributed by atoms with Crippen molar-refractivity contribution in [1.29, 1.82) is 0 Å². The number of nitrogens with one attached hydrogen (secondary N) is 2. The zero-order valence-corrected chi connectivity index (χ0v) is 17.3. The van der Waals surface area contributed by atoms with Gasteiger partial charge in [0.2, 0.25) is 11.1 Å². The highest BCUT2D eigenvalue weighted by Gasteiger charge is 2.18. The Kier molecular flexibility index (Phi) is 6.14. The second-order valence-corrected chi connectivity index (χ2v) is 8.48. The SMILES string of the molecule is C[C@@H](Sc1n[nH]c(-c2ccccc2)n1)C(=O)Nc1ccc(N2CCCCC2)cc1. The van der Waals surface area contributed by atoms with E-state index in [-0.39, 0.29) is 11.2 Å². The number of hydrogen-bond acceptors (Lipinski definition) is 5. The predicted molar refractivity (Wildman–Crippen MR) is 118 cm³/mol. The first kappa shape index (κ1) is 19.5. The van der Waals surface area contributed by atoms with Gasteiger partial charge in [-0.3, -0.25) is 9.89 Å². The van der Waals surface area contributed by atoms with Crippen molar-refractivity contribution in [2.45, 2.75) is 36.6 Å². The van der Waals surface area contributed by atoms with E-state index in [0.29, 0.717) is 11.0 Å². The highest BCUT2D eigenvalue weighted by molar-refractivity contribution is 8.00. The number of anilines is 2. The van der Waals surface area contributed by atoms with E-state index in [2.05, 4.69) is 37.5 Å². The number of nitrogens with zero attached hydrogens (tertiary/aromatic N) is 3. The van der Waals surface area contributed by atoms with E-state index in [1.54, 1.807) is 0 Å². The molecule has 29 heavy (non-hydrogen) atoms. The Balaban J connectivity index is 1.33. The summed E-state index contributed by atoms with van der Waals surface area (Å²) in [6, 6.07) is 17.9. The molecular formula is C22H25N5OS. The molecule has 4 rings (SSSR count). The van der Waals surface area contributed by atoms with Crippen LogP contribution >= 0.6 is 11.8 Å². The second-order valence-electron chi connectivity index (χ2n) is 7.18. The van der Waals surface area contributed by atoms with Gasteiger partial charge in [-0.1, -0.05) is 42.1 Å². The Morgan fingerprint density at radius 3 is 2.52 bits per heavy atom. The molecule has 7 heteroatoms. The van der Waals surface area contributed by atoms with Crippen LogP contribution in [0.2, 0.25) is 0 Å². The standard InChI is InChI=1S/C22H25N5OS/c1-16(29-22-24-20(25-26-22)17-8-4-2-5-9-17)21(28)23-18-10-12-19(13-11-18)27-14-6-3-7-15-27/h2,4-5,8-13,16H,3,6-7,14-15H2,1H3,(H,23,28)(H,24,25,26)/t16-/m1/s1. The molecular weight excluding hydrogens is 382 g/mol. The van der Waals surface area contributed by atoms with Crippen molar-refractivity contribution in [3.05, 3.63) is 54.6 Å². The number of aromatic amines is 1. The summed E-state index contributed by atoms with van der Waals surface area (Å²) in [6.45, 7) is 4.09. The molecule has 1 aliphatic heterocycles. The van der Waals surface area contributed by atoms with E-state index in [1.807, 2.05) is 49.4 Å². The average molecular weight is 408 g/mol. The van der Waals surface area contributed by atoms with Gasteiger partial charge in [-0.15, -0.1) is 5.10 Å². The van der Waals surface area contributed by atoms with Crippen LogP contribution in [0.4, 0.5) is 11.4 Å². The Labute approximate surface area is 175 Å². The zero-order chi connectivity index (χ0) is 20.1. The molecule has 2 heterocycles. The van der Waals surface area contributed by atoms with Gasteiger partial charge in [0.05, 0.1) is 5.25 Å². The maximum absolute atomic E-state index is 12.6. The lowest BCUT2D eigenvalue weighted by atomic mass is 10.1. The highest BCUT2D eigenvalue weighted by Crippen LogP contribution is 2.25. The largest absolute Gasteiger partial charge is 0.372 e. The van der Waals surface area contributed by atoms with Crippen LogP contribution < -0.4 is 10.2 Å². The first-order chi connectivity index (χ1) is 14.2. The summed E-state index contributed by atoms with van der Waals surface area (Å²) in [5, 5.41) is 10.4. The van der Waals surface area contributed by atoms with Crippen LogP contribution in [0.15, 0.2) is 59.8 Å². The first-order valence-corrected chi connectivity index (χ1v) is 10.9. The molecule has 0 spiro atoms. The second kappa shape index (κ2) is 9.13. The molecule has 0 bridgehead atoms. The maximum atomic E-state index is 12.6. The third-order valence-electron chi connectivity index (χ3n) is 5.02. The number of thioether (sulfide) groups is 1. The van der Waals surface area contributed by atoms with Crippen molar-refractivity contribution in [2.75, 3.05) is 23.3 Å². The molecule has 0 aliphatic carbocycles. The molecule has 150 valence electrons. The van der Waals surface area contributed by atoms with Crippen LogP contribution in [0, 0.1) is 0 Å². The number of amides is 1. The summed E-state index contributed by atoms with van der Waals surface area (Å²) in [5.74, 6) is 0.640. The fourth-order valence-electron chi connectivity index (χ4n) is 3.39. The van der Waals surface area contributed by atoms with E-state index in [1.165, 1.54) is 36.7 Å². The monoisotopic (exact) mass is 407 g/mol. The Hall–Kier alpha value is -2.80. The predicted octanol–water partition coefficient (Wildman–Crippen LogP) is 4.58. The van der Waals surface area contributed by atoms with Crippen LogP contribution in [0.3, 0.4) is 0 Å². The number of hydrogen-bond donors (Lipinski definition) is 2. The summed E-state index contributed by atoms with van der Waals surface area (Å²) in [5.41, 5.74) is 3.00. The zero-order valence-electron chi connectivity index (χ0n) is 16.5. The van der Waals surface area contributed by atoms with Gasteiger partial charge < -0.3 is 10.2 Å². The summed E-state index contributed by atoms with van der Waals surface area (Å²) < 4.78 is 0. The molecule has 0 radical (unpaired) electrons. The van der Waals surface area contributed by atoms with Crippen LogP contribution in [0.25, 0.3) is 11.4 Å².